The Morgan fingerprint density at radius 3 is 3.04 bits per heavy atom. The number of benzene rings is 1. The van der Waals surface area contributed by atoms with Crippen molar-refractivity contribution in [3.05, 3.63) is 56.2 Å². The third kappa shape index (κ3) is 3.86. The molecule has 4 rings (SSSR count). The van der Waals surface area contributed by atoms with Crippen molar-refractivity contribution in [1.29, 1.82) is 0 Å². The van der Waals surface area contributed by atoms with Crippen LogP contribution in [0.5, 0.6) is 0 Å². The van der Waals surface area contributed by atoms with E-state index in [1.165, 1.54) is 17.4 Å². The molecule has 0 aliphatic rings. The van der Waals surface area contributed by atoms with Crippen LogP contribution in [0.4, 0.5) is 0 Å². The molecule has 1 aromatic carbocycles. The molecule has 11 heteroatoms. The Morgan fingerprint density at radius 1 is 1.33 bits per heavy atom. The first-order valence-corrected chi connectivity index (χ1v) is 9.05. The van der Waals surface area contributed by atoms with E-state index in [9.17, 15) is 9.59 Å². The monoisotopic (exact) mass is 402 g/mol. The first-order chi connectivity index (χ1) is 13.1. The minimum atomic E-state index is -0.580. The maximum absolute atomic E-state index is 12.1. The van der Waals surface area contributed by atoms with Crippen molar-refractivity contribution in [2.24, 2.45) is 0 Å². The molecule has 3 heterocycles. The van der Waals surface area contributed by atoms with Crippen LogP contribution in [0.15, 0.2) is 39.8 Å². The number of ether oxygens (including phenoxy) is 1. The lowest BCUT2D eigenvalue weighted by Crippen LogP contribution is -2.18. The molecule has 1 N–H and O–H groups in total. The normalized spacial score (nSPS) is 11.0. The second-order valence-electron chi connectivity index (χ2n) is 5.49. The molecule has 0 bridgehead atoms. The fourth-order valence-corrected chi connectivity index (χ4v) is 3.16. The fraction of sp³-hybridized carbons (Fsp3) is 0.125. The van der Waals surface area contributed by atoms with Gasteiger partial charge in [0.25, 0.3) is 5.56 Å². The van der Waals surface area contributed by atoms with Crippen LogP contribution in [-0.2, 0) is 22.7 Å². The first kappa shape index (κ1) is 17.3. The molecule has 0 unspecified atom stereocenters. The number of hydrogen-bond acceptors (Lipinski definition) is 8. The molecule has 3 aromatic heterocycles. The summed E-state index contributed by atoms with van der Waals surface area (Å²) in [5, 5.41) is 16.4. The summed E-state index contributed by atoms with van der Waals surface area (Å²) in [6.07, 6.45) is 0. The zero-order valence-electron chi connectivity index (χ0n) is 13.6. The van der Waals surface area contributed by atoms with Crippen molar-refractivity contribution in [1.82, 2.24) is 30.2 Å². The van der Waals surface area contributed by atoms with E-state index in [1.807, 2.05) is 16.8 Å². The third-order valence-electron chi connectivity index (χ3n) is 3.59. The van der Waals surface area contributed by atoms with Crippen LogP contribution in [0.3, 0.4) is 0 Å². The molecule has 0 fully saturated rings. The van der Waals surface area contributed by atoms with Crippen LogP contribution >= 0.6 is 22.9 Å². The maximum Gasteiger partial charge on any atom is 0.330 e. The number of hydrogen-bond donors (Lipinski definition) is 1. The van der Waals surface area contributed by atoms with Gasteiger partial charge < -0.3 is 9.72 Å². The van der Waals surface area contributed by atoms with Gasteiger partial charge in [0.1, 0.15) is 12.4 Å². The molecular weight excluding hydrogens is 392 g/mol. The Hall–Kier alpha value is -3.11. The molecule has 0 amide bonds. The predicted octanol–water partition coefficient (Wildman–Crippen LogP) is 2.03. The molecule has 0 atom stereocenters. The minimum Gasteiger partial charge on any atom is -0.456 e. The Bertz CT molecular complexity index is 1170. The summed E-state index contributed by atoms with van der Waals surface area (Å²) in [6.45, 7) is -0.386. The van der Waals surface area contributed by atoms with E-state index in [0.29, 0.717) is 21.7 Å². The Morgan fingerprint density at radius 2 is 2.22 bits per heavy atom. The average molecular weight is 403 g/mol. The minimum absolute atomic E-state index is 0.182. The number of rotatable bonds is 5. The first-order valence-electron chi connectivity index (χ1n) is 7.73. The predicted molar refractivity (Wildman–Crippen MR) is 98.3 cm³/mol. The molecule has 136 valence electrons. The molecule has 0 aliphatic carbocycles. The lowest BCUT2D eigenvalue weighted by molar-refractivity contribution is -0.146. The lowest BCUT2D eigenvalue weighted by Gasteiger charge is -2.05. The second-order valence-corrected chi connectivity index (χ2v) is 6.71. The van der Waals surface area contributed by atoms with E-state index >= 15 is 0 Å². The fourth-order valence-electron chi connectivity index (χ4n) is 2.36. The summed E-state index contributed by atoms with van der Waals surface area (Å²) < 4.78 is 5.14. The highest BCUT2D eigenvalue weighted by atomic mass is 35.5. The van der Waals surface area contributed by atoms with Crippen molar-refractivity contribution in [3.8, 4) is 11.4 Å². The van der Waals surface area contributed by atoms with Crippen LogP contribution in [0.2, 0.25) is 5.02 Å². The number of halogens is 1. The van der Waals surface area contributed by atoms with Gasteiger partial charge in [-0.2, -0.15) is 16.1 Å². The van der Waals surface area contributed by atoms with Crippen molar-refractivity contribution in [2.45, 2.75) is 13.2 Å². The zero-order valence-corrected chi connectivity index (χ0v) is 15.2. The van der Waals surface area contributed by atoms with Gasteiger partial charge in [-0.1, -0.05) is 11.6 Å². The topological polar surface area (TPSA) is 116 Å². The zero-order chi connectivity index (χ0) is 18.8. The number of nitrogens with zero attached hydrogens (tertiary/aromatic N) is 5. The van der Waals surface area contributed by atoms with Crippen molar-refractivity contribution >= 4 is 39.8 Å². The number of thiophene rings is 1. The molecule has 0 spiro atoms. The molecule has 0 saturated carbocycles. The summed E-state index contributed by atoms with van der Waals surface area (Å²) in [5.74, 6) is 0.0834. The number of H-pyrrole nitrogens is 1. The number of fused-ring (bicyclic) bond motifs is 1. The number of aromatic nitrogens is 6. The number of carbonyl (C=O) groups is 1. The van der Waals surface area contributed by atoms with Crippen LogP contribution in [-0.4, -0.2) is 36.1 Å². The van der Waals surface area contributed by atoms with Crippen LogP contribution in [0.1, 0.15) is 5.82 Å². The number of aromatic amines is 1. The maximum atomic E-state index is 12.1. The highest BCUT2D eigenvalue weighted by Crippen LogP contribution is 2.17. The average Bonchev–Trinajstić information content (AvgIpc) is 3.32. The third-order valence-corrected chi connectivity index (χ3v) is 4.51. The van der Waals surface area contributed by atoms with Gasteiger partial charge in [-0.15, -0.1) is 10.2 Å². The van der Waals surface area contributed by atoms with E-state index in [4.69, 9.17) is 16.3 Å². The number of nitrogens with one attached hydrogen (secondary N) is 1. The van der Waals surface area contributed by atoms with Gasteiger partial charge in [0.05, 0.1) is 10.9 Å². The van der Waals surface area contributed by atoms with E-state index in [-0.39, 0.29) is 24.5 Å². The van der Waals surface area contributed by atoms with Gasteiger partial charge in [-0.3, -0.25) is 4.79 Å². The van der Waals surface area contributed by atoms with Gasteiger partial charge >= 0.3 is 5.97 Å². The van der Waals surface area contributed by atoms with Crippen LogP contribution in [0.25, 0.3) is 22.3 Å². The van der Waals surface area contributed by atoms with Crippen molar-refractivity contribution in [2.75, 3.05) is 0 Å². The molecule has 0 aliphatic heterocycles. The van der Waals surface area contributed by atoms with Gasteiger partial charge in [0, 0.05) is 16.0 Å². The van der Waals surface area contributed by atoms with E-state index in [2.05, 4.69) is 25.4 Å². The molecular formula is C16H11ClN6O3S. The van der Waals surface area contributed by atoms with Crippen molar-refractivity contribution in [3.63, 3.8) is 0 Å². The highest BCUT2D eigenvalue weighted by Gasteiger charge is 2.12. The highest BCUT2D eigenvalue weighted by molar-refractivity contribution is 7.08. The van der Waals surface area contributed by atoms with E-state index < -0.39 is 5.97 Å². The molecule has 9 nitrogen and oxygen atoms in total. The van der Waals surface area contributed by atoms with Crippen LogP contribution in [0, 0.1) is 0 Å². The largest absolute Gasteiger partial charge is 0.456 e. The van der Waals surface area contributed by atoms with Crippen molar-refractivity contribution < 1.29 is 9.53 Å². The Labute approximate surface area is 160 Å². The van der Waals surface area contributed by atoms with E-state index in [1.54, 1.807) is 12.1 Å². The van der Waals surface area contributed by atoms with E-state index in [0.717, 1.165) is 10.4 Å². The number of tetrazole rings is 1. The Kier molecular flexibility index (Phi) is 4.65. The van der Waals surface area contributed by atoms with Gasteiger partial charge in [-0.05, 0) is 34.9 Å². The second kappa shape index (κ2) is 7.25. The Balaban J connectivity index is 1.41. The summed E-state index contributed by atoms with van der Waals surface area (Å²) in [7, 11) is 0. The summed E-state index contributed by atoms with van der Waals surface area (Å²) >= 11 is 7.39. The van der Waals surface area contributed by atoms with Gasteiger partial charge in [0.15, 0.2) is 6.54 Å². The molecule has 0 saturated heterocycles. The summed E-state index contributed by atoms with van der Waals surface area (Å²) in [4.78, 5) is 32.0. The smallest absolute Gasteiger partial charge is 0.330 e. The number of esters is 1. The summed E-state index contributed by atoms with van der Waals surface area (Å²) in [5.41, 5.74) is 0.942. The standard InChI is InChI=1S/C16H11ClN6O3S/c17-10-1-2-12-11(5-10)16(25)19-13(18-12)7-26-14(24)6-23-21-15(20-22-23)9-3-4-27-8-9/h1-5,8H,6-7H2,(H,18,19,25). The molecule has 0 radical (unpaired) electrons. The SMILES string of the molecule is O=C(Cn1nnc(-c2ccsc2)n1)OCc1nc2ccc(Cl)cc2c(=O)[nH]1. The lowest BCUT2D eigenvalue weighted by atomic mass is 10.2. The van der Waals surface area contributed by atoms with Gasteiger partial charge in [-0.25, -0.2) is 9.78 Å². The number of carbonyl (C=O) groups excluding carboxylic acids is 1. The van der Waals surface area contributed by atoms with Gasteiger partial charge in [0.2, 0.25) is 5.82 Å². The molecule has 27 heavy (non-hydrogen) atoms. The van der Waals surface area contributed by atoms with Crippen LogP contribution < -0.4 is 5.56 Å². The summed E-state index contributed by atoms with van der Waals surface area (Å²) in [6, 6.07) is 6.65. The quantitative estimate of drug-likeness (QED) is 0.508. The molecule has 4 aromatic rings.